The number of hydrogen-bond acceptors (Lipinski definition) is 1. The van der Waals surface area contributed by atoms with Gasteiger partial charge in [0.25, 0.3) is 0 Å². The molecule has 4 heteroatoms. The Kier molecular flexibility index (Phi) is 5.65. The molecule has 20 heavy (non-hydrogen) atoms. The molecule has 0 spiro atoms. The van der Waals surface area contributed by atoms with E-state index in [2.05, 4.69) is 27.8 Å². The van der Waals surface area contributed by atoms with Crippen molar-refractivity contribution in [2.75, 3.05) is 11.9 Å². The second kappa shape index (κ2) is 7.48. The van der Waals surface area contributed by atoms with Crippen molar-refractivity contribution in [3.63, 3.8) is 0 Å². The maximum Gasteiger partial charge on any atom is 0.322 e. The maximum atomic E-state index is 12.4. The average molecular weight is 337 g/mol. The fourth-order valence-corrected chi connectivity index (χ4v) is 2.92. The lowest BCUT2D eigenvalue weighted by Crippen LogP contribution is -2.43. The molecule has 1 aromatic carbocycles. The number of halogens is 1. The van der Waals surface area contributed by atoms with Crippen molar-refractivity contribution in [3.8, 4) is 0 Å². The summed E-state index contributed by atoms with van der Waals surface area (Å²) in [4.78, 5) is 14.4. The van der Waals surface area contributed by atoms with Crippen molar-refractivity contribution >= 4 is 27.6 Å². The summed E-state index contributed by atoms with van der Waals surface area (Å²) in [5.41, 5.74) is 0.822. The van der Waals surface area contributed by atoms with E-state index in [0.29, 0.717) is 12.6 Å². The fraction of sp³-hybridized carbons (Fsp3) is 0.438. The molecule has 0 aliphatic heterocycles. The van der Waals surface area contributed by atoms with Gasteiger partial charge in [0.1, 0.15) is 0 Å². The quantitative estimate of drug-likeness (QED) is 0.786. The lowest BCUT2D eigenvalue weighted by Gasteiger charge is -2.33. The third-order valence-electron chi connectivity index (χ3n) is 3.70. The first-order valence-electron chi connectivity index (χ1n) is 7.15. The molecule has 1 N–H and O–H groups in total. The van der Waals surface area contributed by atoms with Gasteiger partial charge in [0, 0.05) is 22.7 Å². The first-order chi connectivity index (χ1) is 9.70. The molecular weight excluding hydrogens is 316 g/mol. The standard InChI is InChI=1S/C16H21BrN2O/c1-2-12-19(15-6-4-3-5-7-15)16(20)18-14-10-8-13(17)9-11-14/h2,8-11,15H,1,3-7,12H2,(H,18,20). The molecule has 0 aromatic heterocycles. The van der Waals surface area contributed by atoms with E-state index in [4.69, 9.17) is 0 Å². The number of hydrogen-bond donors (Lipinski definition) is 1. The van der Waals surface area contributed by atoms with Crippen molar-refractivity contribution in [2.24, 2.45) is 0 Å². The molecule has 0 radical (unpaired) electrons. The van der Waals surface area contributed by atoms with Crippen LogP contribution in [0.3, 0.4) is 0 Å². The molecule has 0 heterocycles. The van der Waals surface area contributed by atoms with Gasteiger partial charge in [0.15, 0.2) is 0 Å². The Hall–Kier alpha value is -1.29. The number of nitrogens with zero attached hydrogens (tertiary/aromatic N) is 1. The first kappa shape index (κ1) is 15.1. The lowest BCUT2D eigenvalue weighted by atomic mass is 9.94. The van der Waals surface area contributed by atoms with Crippen molar-refractivity contribution in [1.29, 1.82) is 0 Å². The van der Waals surface area contributed by atoms with Crippen LogP contribution in [0.25, 0.3) is 0 Å². The number of urea groups is 1. The molecule has 108 valence electrons. The zero-order valence-electron chi connectivity index (χ0n) is 11.6. The lowest BCUT2D eigenvalue weighted by molar-refractivity contribution is 0.176. The van der Waals surface area contributed by atoms with Crippen LogP contribution in [0.15, 0.2) is 41.4 Å². The molecule has 1 aromatic rings. The number of rotatable bonds is 4. The molecule has 0 atom stereocenters. The zero-order valence-corrected chi connectivity index (χ0v) is 13.2. The molecule has 1 saturated carbocycles. The van der Waals surface area contributed by atoms with Gasteiger partial charge >= 0.3 is 6.03 Å². The number of amides is 2. The first-order valence-corrected chi connectivity index (χ1v) is 7.94. The van der Waals surface area contributed by atoms with Gasteiger partial charge in [-0.25, -0.2) is 4.79 Å². The Balaban J connectivity index is 2.02. The summed E-state index contributed by atoms with van der Waals surface area (Å²) in [6.45, 7) is 4.37. The summed E-state index contributed by atoms with van der Waals surface area (Å²) in [6, 6.07) is 7.96. The molecule has 0 saturated heterocycles. The molecule has 3 nitrogen and oxygen atoms in total. The number of anilines is 1. The number of nitrogens with one attached hydrogen (secondary N) is 1. The van der Waals surface area contributed by atoms with Crippen LogP contribution in [0, 0.1) is 0 Å². The Morgan fingerprint density at radius 1 is 1.30 bits per heavy atom. The number of carbonyl (C=O) groups excluding carboxylic acids is 1. The average Bonchev–Trinajstić information content (AvgIpc) is 2.48. The summed E-state index contributed by atoms with van der Waals surface area (Å²) < 4.78 is 1.01. The van der Waals surface area contributed by atoms with Crippen LogP contribution in [0.5, 0.6) is 0 Å². The van der Waals surface area contributed by atoms with Crippen LogP contribution in [-0.4, -0.2) is 23.5 Å². The predicted molar refractivity (Wildman–Crippen MR) is 86.9 cm³/mol. The predicted octanol–water partition coefficient (Wildman–Crippen LogP) is 4.80. The summed E-state index contributed by atoms with van der Waals surface area (Å²) in [5, 5.41) is 2.97. The van der Waals surface area contributed by atoms with Crippen LogP contribution in [0.4, 0.5) is 10.5 Å². The maximum absolute atomic E-state index is 12.4. The monoisotopic (exact) mass is 336 g/mol. The van der Waals surface area contributed by atoms with Gasteiger partial charge in [0.05, 0.1) is 0 Å². The van der Waals surface area contributed by atoms with Crippen molar-refractivity contribution in [1.82, 2.24) is 4.90 Å². The minimum absolute atomic E-state index is 0.0286. The molecule has 2 amide bonds. The number of benzene rings is 1. The zero-order chi connectivity index (χ0) is 14.4. The van der Waals surface area contributed by atoms with Gasteiger partial charge in [-0.05, 0) is 37.1 Å². The van der Waals surface area contributed by atoms with E-state index in [1.54, 1.807) is 6.08 Å². The second-order valence-electron chi connectivity index (χ2n) is 5.17. The van der Waals surface area contributed by atoms with E-state index in [9.17, 15) is 4.79 Å². The summed E-state index contributed by atoms with van der Waals surface area (Å²) in [5.74, 6) is 0. The van der Waals surface area contributed by atoms with Crippen LogP contribution in [-0.2, 0) is 0 Å². The van der Waals surface area contributed by atoms with Gasteiger partial charge in [0.2, 0.25) is 0 Å². The highest BCUT2D eigenvalue weighted by molar-refractivity contribution is 9.10. The largest absolute Gasteiger partial charge is 0.322 e. The molecule has 1 fully saturated rings. The summed E-state index contributed by atoms with van der Waals surface area (Å²) >= 11 is 3.39. The Bertz CT molecular complexity index is 452. The number of carbonyl (C=O) groups is 1. The minimum atomic E-state index is -0.0286. The fourth-order valence-electron chi connectivity index (χ4n) is 2.66. The Morgan fingerprint density at radius 3 is 2.55 bits per heavy atom. The minimum Gasteiger partial charge on any atom is -0.318 e. The Morgan fingerprint density at radius 2 is 1.95 bits per heavy atom. The summed E-state index contributed by atoms with van der Waals surface area (Å²) in [7, 11) is 0. The third-order valence-corrected chi connectivity index (χ3v) is 4.23. The molecule has 0 bridgehead atoms. The normalized spacial score (nSPS) is 15.7. The van der Waals surface area contributed by atoms with E-state index in [1.807, 2.05) is 29.2 Å². The topological polar surface area (TPSA) is 32.3 Å². The Labute approximate surface area is 129 Å². The van der Waals surface area contributed by atoms with E-state index in [1.165, 1.54) is 19.3 Å². The van der Waals surface area contributed by atoms with Gasteiger partial charge in [-0.15, -0.1) is 6.58 Å². The van der Waals surface area contributed by atoms with Crippen LogP contribution < -0.4 is 5.32 Å². The van der Waals surface area contributed by atoms with Crippen molar-refractivity contribution in [3.05, 3.63) is 41.4 Å². The second-order valence-corrected chi connectivity index (χ2v) is 6.09. The third kappa shape index (κ3) is 4.10. The van der Waals surface area contributed by atoms with Crippen molar-refractivity contribution in [2.45, 2.75) is 38.1 Å². The highest BCUT2D eigenvalue weighted by atomic mass is 79.9. The smallest absolute Gasteiger partial charge is 0.318 e. The van der Waals surface area contributed by atoms with E-state index < -0.39 is 0 Å². The molecule has 2 rings (SSSR count). The van der Waals surface area contributed by atoms with Crippen LogP contribution in [0.2, 0.25) is 0 Å². The molecule has 1 aliphatic carbocycles. The highest BCUT2D eigenvalue weighted by Crippen LogP contribution is 2.23. The van der Waals surface area contributed by atoms with Gasteiger partial charge in [-0.2, -0.15) is 0 Å². The molecule has 0 unspecified atom stereocenters. The van der Waals surface area contributed by atoms with Gasteiger partial charge < -0.3 is 10.2 Å². The molecular formula is C16H21BrN2O. The SMILES string of the molecule is C=CCN(C(=O)Nc1ccc(Br)cc1)C1CCCCC1. The van der Waals surface area contributed by atoms with E-state index in [-0.39, 0.29) is 6.03 Å². The van der Waals surface area contributed by atoms with Gasteiger partial charge in [-0.1, -0.05) is 41.3 Å². The van der Waals surface area contributed by atoms with Crippen LogP contribution >= 0.6 is 15.9 Å². The van der Waals surface area contributed by atoms with E-state index >= 15 is 0 Å². The summed E-state index contributed by atoms with van der Waals surface area (Å²) in [6.07, 6.45) is 7.71. The van der Waals surface area contributed by atoms with Gasteiger partial charge in [-0.3, -0.25) is 0 Å². The molecule has 1 aliphatic rings. The van der Waals surface area contributed by atoms with Crippen molar-refractivity contribution < 1.29 is 4.79 Å². The highest BCUT2D eigenvalue weighted by Gasteiger charge is 2.24. The van der Waals surface area contributed by atoms with E-state index in [0.717, 1.165) is 23.0 Å². The van der Waals surface area contributed by atoms with Crippen LogP contribution in [0.1, 0.15) is 32.1 Å².